The number of nitrogens with zero attached hydrogens (tertiary/aromatic N) is 2. The second-order valence-corrected chi connectivity index (χ2v) is 3.90. The first kappa shape index (κ1) is 11.9. The normalized spacial score (nSPS) is 9.47. The molecule has 80 valence electrons. The average Bonchev–Trinajstić information content (AvgIpc) is 2.66. The average molecular weight is 243 g/mol. The molecule has 3 N–H and O–H groups in total. The van der Waals surface area contributed by atoms with E-state index >= 15 is 0 Å². The maximum atomic E-state index is 5.23. The fourth-order valence-corrected chi connectivity index (χ4v) is 1.83. The van der Waals surface area contributed by atoms with Gasteiger partial charge in [-0.2, -0.15) is 0 Å². The van der Waals surface area contributed by atoms with Gasteiger partial charge in [0.1, 0.15) is 5.01 Å². The highest BCUT2D eigenvalue weighted by Gasteiger charge is 2.04. The molecule has 0 amide bonds. The van der Waals surface area contributed by atoms with E-state index in [1.54, 1.807) is 0 Å². The third kappa shape index (κ3) is 2.65. The van der Waals surface area contributed by atoms with Crippen molar-refractivity contribution in [2.24, 2.45) is 5.84 Å². The van der Waals surface area contributed by atoms with Crippen LogP contribution in [-0.4, -0.2) is 10.2 Å². The predicted octanol–water partition coefficient (Wildman–Crippen LogP) is 2.22. The second-order valence-electron chi connectivity index (χ2n) is 2.93. The molecule has 0 aliphatic rings. The number of nitrogens with one attached hydrogen (secondary N) is 1. The highest BCUT2D eigenvalue weighted by molar-refractivity contribution is 7.18. The molecule has 0 aliphatic heterocycles. The lowest BCUT2D eigenvalue weighted by Gasteiger charge is -1.95. The molecular weight excluding hydrogens is 232 g/mol. The van der Waals surface area contributed by atoms with Gasteiger partial charge in [0.15, 0.2) is 0 Å². The number of benzene rings is 1. The van der Waals surface area contributed by atoms with Crippen LogP contribution in [0.1, 0.15) is 5.56 Å². The van der Waals surface area contributed by atoms with E-state index in [4.69, 9.17) is 5.84 Å². The first-order chi connectivity index (χ1) is 6.79. The summed E-state index contributed by atoms with van der Waals surface area (Å²) >= 11 is 1.44. The number of aromatic nitrogens is 2. The molecule has 1 heterocycles. The van der Waals surface area contributed by atoms with E-state index in [-0.39, 0.29) is 12.4 Å². The fourth-order valence-electron chi connectivity index (χ4n) is 1.18. The number of halogens is 1. The number of nitrogen functional groups attached to an aromatic ring is 1. The third-order valence-electron chi connectivity index (χ3n) is 1.81. The van der Waals surface area contributed by atoms with Gasteiger partial charge in [-0.3, -0.25) is 5.43 Å². The zero-order valence-electron chi connectivity index (χ0n) is 8.10. The summed E-state index contributed by atoms with van der Waals surface area (Å²) in [5.41, 5.74) is 4.76. The summed E-state index contributed by atoms with van der Waals surface area (Å²) in [6.07, 6.45) is 0. The van der Waals surface area contributed by atoms with Crippen molar-refractivity contribution in [1.82, 2.24) is 10.2 Å². The molecule has 1 aromatic carbocycles. The molecule has 0 fully saturated rings. The molecule has 0 bridgehead atoms. The SMILES string of the molecule is Cc1cccc(-c2nnc(NN)s2)c1.Cl. The fraction of sp³-hybridized carbons (Fsp3) is 0.111. The number of rotatable bonds is 2. The van der Waals surface area contributed by atoms with Gasteiger partial charge in [0.05, 0.1) is 0 Å². The van der Waals surface area contributed by atoms with Crippen molar-refractivity contribution >= 4 is 28.9 Å². The first-order valence-corrected chi connectivity index (χ1v) is 4.98. The Hall–Kier alpha value is -1.17. The van der Waals surface area contributed by atoms with Crippen LogP contribution in [0.4, 0.5) is 5.13 Å². The van der Waals surface area contributed by atoms with Crippen LogP contribution in [0.5, 0.6) is 0 Å². The Kier molecular flexibility index (Phi) is 4.02. The van der Waals surface area contributed by atoms with Crippen LogP contribution >= 0.6 is 23.7 Å². The van der Waals surface area contributed by atoms with E-state index in [1.165, 1.54) is 16.9 Å². The maximum Gasteiger partial charge on any atom is 0.220 e. The lowest BCUT2D eigenvalue weighted by Crippen LogP contribution is -2.05. The number of anilines is 1. The van der Waals surface area contributed by atoms with Crippen molar-refractivity contribution in [2.75, 3.05) is 5.43 Å². The van der Waals surface area contributed by atoms with Crippen LogP contribution < -0.4 is 11.3 Å². The van der Waals surface area contributed by atoms with Gasteiger partial charge in [-0.05, 0) is 13.0 Å². The largest absolute Gasteiger partial charge is 0.298 e. The first-order valence-electron chi connectivity index (χ1n) is 4.17. The van der Waals surface area contributed by atoms with Gasteiger partial charge in [0.25, 0.3) is 0 Å². The Morgan fingerprint density at radius 3 is 2.73 bits per heavy atom. The van der Waals surface area contributed by atoms with Crippen molar-refractivity contribution < 1.29 is 0 Å². The van der Waals surface area contributed by atoms with Gasteiger partial charge in [-0.25, -0.2) is 5.84 Å². The van der Waals surface area contributed by atoms with E-state index in [2.05, 4.69) is 21.7 Å². The summed E-state index contributed by atoms with van der Waals surface area (Å²) in [6, 6.07) is 8.13. The number of hydrazine groups is 1. The molecule has 0 atom stereocenters. The van der Waals surface area contributed by atoms with Gasteiger partial charge in [-0.1, -0.05) is 35.1 Å². The molecule has 1 aromatic heterocycles. The molecule has 0 spiro atoms. The lowest BCUT2D eigenvalue weighted by atomic mass is 10.1. The van der Waals surface area contributed by atoms with Crippen LogP contribution in [0.3, 0.4) is 0 Å². The molecular formula is C9H11ClN4S. The molecule has 0 radical (unpaired) electrons. The Bertz CT molecular complexity index is 443. The minimum absolute atomic E-state index is 0. The number of nitrogens with two attached hydrogens (primary N) is 1. The topological polar surface area (TPSA) is 63.8 Å². The van der Waals surface area contributed by atoms with Gasteiger partial charge in [0.2, 0.25) is 5.13 Å². The summed E-state index contributed by atoms with van der Waals surface area (Å²) in [7, 11) is 0. The van der Waals surface area contributed by atoms with Crippen LogP contribution in [0.2, 0.25) is 0 Å². The Morgan fingerprint density at radius 1 is 1.33 bits per heavy atom. The summed E-state index contributed by atoms with van der Waals surface area (Å²) in [6.45, 7) is 2.05. The molecule has 0 saturated heterocycles. The Labute approximate surface area is 97.9 Å². The minimum atomic E-state index is 0. The molecule has 6 heteroatoms. The van der Waals surface area contributed by atoms with Crippen molar-refractivity contribution in [3.8, 4) is 10.6 Å². The monoisotopic (exact) mass is 242 g/mol. The maximum absolute atomic E-state index is 5.23. The van der Waals surface area contributed by atoms with E-state index in [1.807, 2.05) is 25.1 Å². The van der Waals surface area contributed by atoms with Crippen LogP contribution in [0.25, 0.3) is 10.6 Å². The lowest BCUT2D eigenvalue weighted by molar-refractivity contribution is 1.08. The Balaban J connectivity index is 0.00000112. The number of hydrogen-bond donors (Lipinski definition) is 2. The number of hydrogen-bond acceptors (Lipinski definition) is 5. The van der Waals surface area contributed by atoms with Crippen molar-refractivity contribution in [1.29, 1.82) is 0 Å². The van der Waals surface area contributed by atoms with Crippen LogP contribution in [0.15, 0.2) is 24.3 Å². The molecule has 0 unspecified atom stereocenters. The van der Waals surface area contributed by atoms with Gasteiger partial charge in [-0.15, -0.1) is 22.6 Å². The van der Waals surface area contributed by atoms with Gasteiger partial charge in [0, 0.05) is 5.56 Å². The quantitative estimate of drug-likeness (QED) is 0.626. The smallest absolute Gasteiger partial charge is 0.220 e. The minimum Gasteiger partial charge on any atom is -0.298 e. The van der Waals surface area contributed by atoms with Crippen LogP contribution in [-0.2, 0) is 0 Å². The van der Waals surface area contributed by atoms with E-state index in [0.29, 0.717) is 5.13 Å². The zero-order valence-corrected chi connectivity index (χ0v) is 9.73. The highest BCUT2D eigenvalue weighted by atomic mass is 35.5. The van der Waals surface area contributed by atoms with Crippen LogP contribution in [0, 0.1) is 6.92 Å². The standard InChI is InChI=1S/C9H10N4S.ClH/c1-6-3-2-4-7(5-6)8-12-13-9(11-10)14-8;/h2-5H,10H2,1H3,(H,11,13);1H. The highest BCUT2D eigenvalue weighted by Crippen LogP contribution is 2.25. The van der Waals surface area contributed by atoms with E-state index in [0.717, 1.165) is 10.6 Å². The van der Waals surface area contributed by atoms with E-state index in [9.17, 15) is 0 Å². The van der Waals surface area contributed by atoms with Crippen molar-refractivity contribution in [3.63, 3.8) is 0 Å². The number of aryl methyl sites for hydroxylation is 1. The summed E-state index contributed by atoms with van der Waals surface area (Å²) in [5, 5.41) is 9.40. The molecule has 4 nitrogen and oxygen atoms in total. The molecule has 2 rings (SSSR count). The molecule has 0 saturated carbocycles. The molecule has 2 aromatic rings. The van der Waals surface area contributed by atoms with E-state index < -0.39 is 0 Å². The summed E-state index contributed by atoms with van der Waals surface area (Å²) in [5.74, 6) is 5.23. The molecule has 0 aliphatic carbocycles. The van der Waals surface area contributed by atoms with Crippen molar-refractivity contribution in [3.05, 3.63) is 29.8 Å². The van der Waals surface area contributed by atoms with Gasteiger partial charge >= 0.3 is 0 Å². The summed E-state index contributed by atoms with van der Waals surface area (Å²) < 4.78 is 0. The predicted molar refractivity (Wildman–Crippen MR) is 65.1 cm³/mol. The Morgan fingerprint density at radius 2 is 2.13 bits per heavy atom. The summed E-state index contributed by atoms with van der Waals surface area (Å²) in [4.78, 5) is 0. The second kappa shape index (κ2) is 5.06. The molecule has 15 heavy (non-hydrogen) atoms. The third-order valence-corrected chi connectivity index (χ3v) is 2.72. The van der Waals surface area contributed by atoms with Crippen molar-refractivity contribution in [2.45, 2.75) is 6.92 Å². The van der Waals surface area contributed by atoms with Gasteiger partial charge < -0.3 is 0 Å². The zero-order chi connectivity index (χ0) is 9.97.